The summed E-state index contributed by atoms with van der Waals surface area (Å²) >= 11 is 6.79. The Balaban J connectivity index is 1.59. The van der Waals surface area contributed by atoms with Gasteiger partial charge in [0, 0.05) is 11.3 Å². The summed E-state index contributed by atoms with van der Waals surface area (Å²) in [6, 6.07) is 10.1. The van der Waals surface area contributed by atoms with Gasteiger partial charge < -0.3 is 18.8 Å². The van der Waals surface area contributed by atoms with Crippen LogP contribution in [0.3, 0.4) is 0 Å². The third kappa shape index (κ3) is 7.27. The SMILES string of the molecule is CC(C)(C)OC(=O)COc1cccc2c1CCCC2N(c1cnc(Oc2ccc(F)cc2Cl)c(Br)c1)S(=O)[O-]. The average molecular weight is 641 g/mol. The van der Waals surface area contributed by atoms with Gasteiger partial charge in [0.1, 0.15) is 22.9 Å². The molecule has 39 heavy (non-hydrogen) atoms. The van der Waals surface area contributed by atoms with Gasteiger partial charge in [-0.1, -0.05) is 23.7 Å². The maximum absolute atomic E-state index is 13.4. The van der Waals surface area contributed by atoms with Gasteiger partial charge in [-0.3, -0.25) is 8.51 Å². The van der Waals surface area contributed by atoms with Gasteiger partial charge in [0.25, 0.3) is 0 Å². The number of rotatable bonds is 8. The number of ether oxygens (including phenoxy) is 3. The molecule has 0 radical (unpaired) electrons. The maximum atomic E-state index is 13.4. The molecule has 0 saturated heterocycles. The Morgan fingerprint density at radius 2 is 2.03 bits per heavy atom. The third-order valence-corrected chi connectivity index (χ3v) is 7.44. The maximum Gasteiger partial charge on any atom is 0.344 e. The van der Waals surface area contributed by atoms with E-state index in [1.165, 1.54) is 22.6 Å². The van der Waals surface area contributed by atoms with Gasteiger partial charge in [0.15, 0.2) is 6.61 Å². The minimum absolute atomic E-state index is 0.0681. The van der Waals surface area contributed by atoms with Crippen molar-refractivity contribution in [3.63, 3.8) is 0 Å². The number of aromatic nitrogens is 1. The largest absolute Gasteiger partial charge is 0.755 e. The number of benzene rings is 2. The number of hydrogen-bond acceptors (Lipinski definition) is 7. The van der Waals surface area contributed by atoms with Crippen molar-refractivity contribution in [3.05, 3.63) is 75.1 Å². The molecule has 0 aliphatic heterocycles. The number of carbonyl (C=O) groups is 1. The number of carbonyl (C=O) groups excluding carboxylic acids is 1. The van der Waals surface area contributed by atoms with Gasteiger partial charge in [0.2, 0.25) is 5.88 Å². The van der Waals surface area contributed by atoms with Gasteiger partial charge >= 0.3 is 5.97 Å². The molecule has 0 N–H and O–H groups in total. The van der Waals surface area contributed by atoms with Crippen LogP contribution in [0.4, 0.5) is 10.1 Å². The Labute approximate surface area is 242 Å². The Morgan fingerprint density at radius 3 is 2.69 bits per heavy atom. The van der Waals surface area contributed by atoms with E-state index < -0.39 is 34.7 Å². The number of nitrogens with zero attached hydrogens (tertiary/aromatic N) is 2. The summed E-state index contributed by atoms with van der Waals surface area (Å²) in [7, 11) is 0. The van der Waals surface area contributed by atoms with Crippen molar-refractivity contribution in [2.45, 2.75) is 51.7 Å². The lowest BCUT2D eigenvalue weighted by atomic mass is 9.87. The molecule has 208 valence electrons. The van der Waals surface area contributed by atoms with Crippen LogP contribution >= 0.6 is 27.5 Å². The summed E-state index contributed by atoms with van der Waals surface area (Å²) in [5.74, 6) is -0.155. The first-order valence-corrected chi connectivity index (χ1v) is 14.3. The zero-order chi connectivity index (χ0) is 28.3. The van der Waals surface area contributed by atoms with Crippen LogP contribution in [0, 0.1) is 5.82 Å². The fraction of sp³-hybridized carbons (Fsp3) is 0.333. The van der Waals surface area contributed by atoms with Crippen molar-refractivity contribution in [3.8, 4) is 17.4 Å². The normalized spacial score (nSPS) is 15.7. The minimum Gasteiger partial charge on any atom is -0.755 e. The van der Waals surface area contributed by atoms with Crippen LogP contribution in [0.2, 0.25) is 5.02 Å². The Bertz CT molecular complexity index is 1400. The number of esters is 1. The van der Waals surface area contributed by atoms with Crippen LogP contribution in [-0.2, 0) is 27.2 Å². The second-order valence-electron chi connectivity index (χ2n) is 9.81. The fourth-order valence-corrected chi connectivity index (χ4v) is 5.64. The number of anilines is 1. The summed E-state index contributed by atoms with van der Waals surface area (Å²) in [6.07, 6.45) is 3.32. The molecular formula is C27H26BrClFN2O6S-. The number of hydrogen-bond donors (Lipinski definition) is 0. The Hall–Kier alpha value is -2.73. The van der Waals surface area contributed by atoms with Crippen LogP contribution in [0.25, 0.3) is 0 Å². The molecule has 0 saturated carbocycles. The molecule has 3 aromatic rings. The van der Waals surface area contributed by atoms with E-state index in [2.05, 4.69) is 20.9 Å². The van der Waals surface area contributed by atoms with E-state index in [1.54, 1.807) is 39.0 Å². The lowest BCUT2D eigenvalue weighted by Crippen LogP contribution is -2.33. The number of pyridine rings is 1. The van der Waals surface area contributed by atoms with Gasteiger partial charge in [-0.2, -0.15) is 0 Å². The van der Waals surface area contributed by atoms with Gasteiger partial charge in [-0.15, -0.1) is 0 Å². The first-order chi connectivity index (χ1) is 18.4. The third-order valence-electron chi connectivity index (χ3n) is 5.79. The minimum atomic E-state index is -2.64. The topological polar surface area (TPSA) is 101 Å². The molecule has 0 bridgehead atoms. The monoisotopic (exact) mass is 639 g/mol. The quantitative estimate of drug-likeness (QED) is 0.197. The predicted octanol–water partition coefficient (Wildman–Crippen LogP) is 6.83. The number of fused-ring (bicyclic) bond motifs is 1. The zero-order valence-corrected chi connectivity index (χ0v) is 24.6. The van der Waals surface area contributed by atoms with E-state index in [0.29, 0.717) is 35.2 Å². The van der Waals surface area contributed by atoms with Crippen molar-refractivity contribution < 1.29 is 32.2 Å². The highest BCUT2D eigenvalue weighted by Crippen LogP contribution is 2.42. The smallest absolute Gasteiger partial charge is 0.344 e. The van der Waals surface area contributed by atoms with E-state index in [1.807, 2.05) is 6.07 Å². The second kappa shape index (κ2) is 12.2. The highest BCUT2D eigenvalue weighted by molar-refractivity contribution is 9.10. The summed E-state index contributed by atoms with van der Waals surface area (Å²) in [6.45, 7) is 5.08. The van der Waals surface area contributed by atoms with E-state index in [4.69, 9.17) is 25.8 Å². The van der Waals surface area contributed by atoms with Crippen molar-refractivity contribution in [1.29, 1.82) is 0 Å². The van der Waals surface area contributed by atoms with Gasteiger partial charge in [-0.05, 0) is 97.4 Å². The summed E-state index contributed by atoms with van der Waals surface area (Å²) in [5, 5.41) is 0.0681. The highest BCUT2D eigenvalue weighted by Gasteiger charge is 2.30. The molecule has 1 heterocycles. The molecule has 0 spiro atoms. The van der Waals surface area contributed by atoms with Crippen LogP contribution in [0.15, 0.2) is 53.1 Å². The molecule has 1 aliphatic rings. The molecular weight excluding hydrogens is 615 g/mol. The molecule has 2 atom stereocenters. The molecule has 4 rings (SSSR count). The first kappa shape index (κ1) is 29.3. The Kier molecular flexibility index (Phi) is 9.15. The second-order valence-corrected chi connectivity index (χ2v) is 11.9. The average Bonchev–Trinajstić information content (AvgIpc) is 2.85. The predicted molar refractivity (Wildman–Crippen MR) is 148 cm³/mol. The fourth-order valence-electron chi connectivity index (χ4n) is 4.32. The summed E-state index contributed by atoms with van der Waals surface area (Å²) in [5.41, 5.74) is 1.30. The molecule has 2 aromatic carbocycles. The van der Waals surface area contributed by atoms with Crippen molar-refractivity contribution in [2.24, 2.45) is 0 Å². The summed E-state index contributed by atoms with van der Waals surface area (Å²) < 4.78 is 56.8. The van der Waals surface area contributed by atoms with E-state index in [0.717, 1.165) is 17.2 Å². The van der Waals surface area contributed by atoms with Crippen LogP contribution in [0.5, 0.6) is 17.4 Å². The van der Waals surface area contributed by atoms with Crippen molar-refractivity contribution in [2.75, 3.05) is 10.9 Å². The van der Waals surface area contributed by atoms with Gasteiger partial charge in [-0.25, -0.2) is 14.2 Å². The lowest BCUT2D eigenvalue weighted by Gasteiger charge is -2.38. The van der Waals surface area contributed by atoms with Gasteiger partial charge in [0.05, 0.1) is 27.4 Å². The molecule has 0 fully saturated rings. The molecule has 2 unspecified atom stereocenters. The molecule has 1 aromatic heterocycles. The van der Waals surface area contributed by atoms with E-state index in [-0.39, 0.29) is 23.3 Å². The standard InChI is InChI=1S/C27H27BrClFN2O6S/c1-27(2,3)38-25(33)15-36-23-9-5-6-18-19(23)7-4-8-22(18)32(39(34)35)17-13-20(28)26(31-14-17)37-24-11-10-16(30)12-21(24)29/h5-6,9-14,22H,4,7-8,15H2,1-3H3,(H,34,35)/p-1. The van der Waals surface area contributed by atoms with E-state index in [9.17, 15) is 17.9 Å². The van der Waals surface area contributed by atoms with Crippen molar-refractivity contribution in [1.82, 2.24) is 4.98 Å². The van der Waals surface area contributed by atoms with Crippen LogP contribution in [0.1, 0.15) is 50.8 Å². The Morgan fingerprint density at radius 1 is 1.26 bits per heavy atom. The molecule has 0 amide bonds. The lowest BCUT2D eigenvalue weighted by molar-refractivity contribution is -0.157. The molecule has 12 heteroatoms. The zero-order valence-electron chi connectivity index (χ0n) is 21.4. The van der Waals surface area contributed by atoms with Crippen molar-refractivity contribution >= 4 is 50.5 Å². The van der Waals surface area contributed by atoms with E-state index >= 15 is 0 Å². The summed E-state index contributed by atoms with van der Waals surface area (Å²) in [4.78, 5) is 16.4. The van der Waals surface area contributed by atoms with Crippen LogP contribution < -0.4 is 13.8 Å². The molecule has 1 aliphatic carbocycles. The van der Waals surface area contributed by atoms with Crippen LogP contribution in [-0.4, -0.2) is 31.9 Å². The number of halogens is 3. The first-order valence-electron chi connectivity index (χ1n) is 12.1. The highest BCUT2D eigenvalue weighted by atomic mass is 79.9. The molecule has 8 nitrogen and oxygen atoms in total.